The largest absolute Gasteiger partial charge is 0.391 e. The van der Waals surface area contributed by atoms with Gasteiger partial charge in [-0.1, -0.05) is 19.8 Å². The fraction of sp³-hybridized carbons (Fsp3) is 1.00. The Morgan fingerprint density at radius 2 is 2.12 bits per heavy atom. The van der Waals surface area contributed by atoms with Gasteiger partial charge in [-0.25, -0.2) is 0 Å². The van der Waals surface area contributed by atoms with Crippen molar-refractivity contribution in [1.82, 2.24) is 5.32 Å². The Hall–Kier alpha value is -0.120. The number of nitrogens with one attached hydrogen (secondary N) is 1. The van der Waals surface area contributed by atoms with Crippen LogP contribution in [0.25, 0.3) is 0 Å². The third-order valence-corrected chi connectivity index (χ3v) is 3.53. The summed E-state index contributed by atoms with van der Waals surface area (Å²) >= 11 is 0. The minimum absolute atomic E-state index is 0.317. The average molecular weight is 229 g/mol. The molecule has 0 bridgehead atoms. The van der Waals surface area contributed by atoms with Gasteiger partial charge in [-0.15, -0.1) is 0 Å². The second-order valence-corrected chi connectivity index (χ2v) is 5.16. The van der Waals surface area contributed by atoms with E-state index in [0.29, 0.717) is 12.6 Å². The number of rotatable bonds is 6. The molecule has 0 heterocycles. The van der Waals surface area contributed by atoms with Gasteiger partial charge in [-0.05, 0) is 38.1 Å². The molecule has 0 aliphatic heterocycles. The summed E-state index contributed by atoms with van der Waals surface area (Å²) in [7, 11) is 1.63. The quantitative estimate of drug-likeness (QED) is 0.684. The van der Waals surface area contributed by atoms with Gasteiger partial charge in [0.05, 0.1) is 12.7 Å². The Morgan fingerprint density at radius 3 is 2.88 bits per heavy atom. The van der Waals surface area contributed by atoms with Crippen LogP contribution in [0.4, 0.5) is 0 Å². The molecule has 0 amide bonds. The molecular weight excluding hydrogens is 202 g/mol. The number of aliphatic hydroxyl groups is 1. The lowest BCUT2D eigenvalue weighted by Crippen LogP contribution is -2.32. The molecule has 1 aliphatic rings. The zero-order chi connectivity index (χ0) is 11.8. The second kappa shape index (κ2) is 8.04. The van der Waals surface area contributed by atoms with E-state index in [9.17, 15) is 5.11 Å². The first kappa shape index (κ1) is 13.9. The summed E-state index contributed by atoms with van der Waals surface area (Å²) in [5.74, 6) is 0.894. The minimum Gasteiger partial charge on any atom is -0.391 e. The zero-order valence-corrected chi connectivity index (χ0v) is 10.7. The van der Waals surface area contributed by atoms with Crippen LogP contribution in [0.15, 0.2) is 0 Å². The number of hydrogen-bond donors (Lipinski definition) is 2. The van der Waals surface area contributed by atoms with Crippen molar-refractivity contribution in [3.8, 4) is 0 Å². The normalized spacial score (nSPS) is 28.7. The van der Waals surface area contributed by atoms with Gasteiger partial charge in [0.25, 0.3) is 0 Å². The molecule has 3 unspecified atom stereocenters. The van der Waals surface area contributed by atoms with Crippen LogP contribution in [-0.2, 0) is 4.74 Å². The van der Waals surface area contributed by atoms with Gasteiger partial charge >= 0.3 is 0 Å². The van der Waals surface area contributed by atoms with Crippen LogP contribution in [0.3, 0.4) is 0 Å². The first-order valence-electron chi connectivity index (χ1n) is 6.62. The molecule has 0 spiro atoms. The standard InChI is InChI=1S/C13H27NO2/c1-11-4-3-5-12(7-6-11)14-9-8-13(15)10-16-2/h11-15H,3-10H2,1-2H3. The van der Waals surface area contributed by atoms with Crippen molar-refractivity contribution in [2.75, 3.05) is 20.3 Å². The Balaban J connectivity index is 2.07. The maximum atomic E-state index is 9.51. The summed E-state index contributed by atoms with van der Waals surface area (Å²) in [4.78, 5) is 0. The van der Waals surface area contributed by atoms with E-state index < -0.39 is 0 Å². The smallest absolute Gasteiger partial charge is 0.0785 e. The molecule has 0 aromatic rings. The van der Waals surface area contributed by atoms with Gasteiger partial charge in [0.2, 0.25) is 0 Å². The third-order valence-electron chi connectivity index (χ3n) is 3.53. The van der Waals surface area contributed by atoms with Crippen LogP contribution in [0.5, 0.6) is 0 Å². The second-order valence-electron chi connectivity index (χ2n) is 5.16. The summed E-state index contributed by atoms with van der Waals surface area (Å²) in [6, 6.07) is 0.666. The number of hydrogen-bond acceptors (Lipinski definition) is 3. The predicted octanol–water partition coefficient (Wildman–Crippen LogP) is 1.94. The summed E-state index contributed by atoms with van der Waals surface area (Å²) in [5, 5.41) is 13.1. The van der Waals surface area contributed by atoms with Crippen molar-refractivity contribution in [3.63, 3.8) is 0 Å². The minimum atomic E-state index is -0.317. The van der Waals surface area contributed by atoms with E-state index in [4.69, 9.17) is 4.74 Å². The van der Waals surface area contributed by atoms with Gasteiger partial charge in [0, 0.05) is 13.2 Å². The van der Waals surface area contributed by atoms with Crippen molar-refractivity contribution in [2.45, 2.75) is 57.6 Å². The van der Waals surface area contributed by atoms with E-state index >= 15 is 0 Å². The topological polar surface area (TPSA) is 41.5 Å². The summed E-state index contributed by atoms with van der Waals surface area (Å²) in [6.45, 7) is 3.71. The molecule has 0 saturated heterocycles. The fourth-order valence-electron chi connectivity index (χ4n) is 2.42. The monoisotopic (exact) mass is 229 g/mol. The van der Waals surface area contributed by atoms with E-state index in [-0.39, 0.29) is 6.10 Å². The fourth-order valence-corrected chi connectivity index (χ4v) is 2.42. The van der Waals surface area contributed by atoms with E-state index in [1.807, 2.05) is 0 Å². The molecule has 0 radical (unpaired) electrons. The molecule has 1 aliphatic carbocycles. The molecule has 3 heteroatoms. The molecule has 96 valence electrons. The molecule has 0 aromatic carbocycles. The Labute approximate surface area is 99.6 Å². The summed E-state index contributed by atoms with van der Waals surface area (Å²) in [6.07, 6.45) is 7.14. The number of aliphatic hydroxyl groups excluding tert-OH is 1. The molecule has 3 atom stereocenters. The molecule has 1 fully saturated rings. The lowest BCUT2D eigenvalue weighted by Gasteiger charge is -2.17. The maximum absolute atomic E-state index is 9.51. The highest BCUT2D eigenvalue weighted by Crippen LogP contribution is 2.22. The van der Waals surface area contributed by atoms with Gasteiger partial charge in [0.1, 0.15) is 0 Å². The van der Waals surface area contributed by atoms with Crippen LogP contribution < -0.4 is 5.32 Å². The maximum Gasteiger partial charge on any atom is 0.0785 e. The Bertz CT molecular complexity index is 175. The first-order valence-corrected chi connectivity index (χ1v) is 6.62. The highest BCUT2D eigenvalue weighted by atomic mass is 16.5. The molecular formula is C13H27NO2. The first-order chi connectivity index (χ1) is 7.72. The molecule has 1 rings (SSSR count). The van der Waals surface area contributed by atoms with Gasteiger partial charge in [0.15, 0.2) is 0 Å². The van der Waals surface area contributed by atoms with Crippen molar-refractivity contribution >= 4 is 0 Å². The molecule has 1 saturated carbocycles. The van der Waals surface area contributed by atoms with Gasteiger partial charge in [-0.2, -0.15) is 0 Å². The zero-order valence-electron chi connectivity index (χ0n) is 10.7. The van der Waals surface area contributed by atoms with Crippen molar-refractivity contribution in [2.24, 2.45) is 5.92 Å². The molecule has 2 N–H and O–H groups in total. The Kier molecular flexibility index (Phi) is 7.01. The van der Waals surface area contributed by atoms with Crippen LogP contribution in [0.2, 0.25) is 0 Å². The highest BCUT2D eigenvalue weighted by Gasteiger charge is 2.15. The summed E-state index contributed by atoms with van der Waals surface area (Å²) < 4.78 is 4.90. The number of ether oxygens (including phenoxy) is 1. The van der Waals surface area contributed by atoms with E-state index in [0.717, 1.165) is 18.9 Å². The van der Waals surface area contributed by atoms with Crippen molar-refractivity contribution in [3.05, 3.63) is 0 Å². The Morgan fingerprint density at radius 1 is 1.31 bits per heavy atom. The SMILES string of the molecule is COCC(O)CCNC1CCCC(C)CC1. The van der Waals surface area contributed by atoms with Crippen LogP contribution in [-0.4, -0.2) is 37.5 Å². The van der Waals surface area contributed by atoms with Crippen LogP contribution in [0.1, 0.15) is 45.4 Å². The van der Waals surface area contributed by atoms with E-state index in [2.05, 4.69) is 12.2 Å². The van der Waals surface area contributed by atoms with Crippen LogP contribution >= 0.6 is 0 Å². The average Bonchev–Trinajstić information content (AvgIpc) is 2.44. The summed E-state index contributed by atoms with van der Waals surface area (Å²) in [5.41, 5.74) is 0. The molecule has 0 aromatic heterocycles. The molecule has 16 heavy (non-hydrogen) atoms. The predicted molar refractivity (Wildman–Crippen MR) is 66.5 cm³/mol. The molecule has 3 nitrogen and oxygen atoms in total. The van der Waals surface area contributed by atoms with Crippen molar-refractivity contribution in [1.29, 1.82) is 0 Å². The third kappa shape index (κ3) is 5.83. The van der Waals surface area contributed by atoms with Crippen molar-refractivity contribution < 1.29 is 9.84 Å². The number of methoxy groups -OCH3 is 1. The lowest BCUT2D eigenvalue weighted by atomic mass is 10.0. The van der Waals surface area contributed by atoms with Gasteiger partial charge < -0.3 is 15.2 Å². The lowest BCUT2D eigenvalue weighted by molar-refractivity contribution is 0.0589. The van der Waals surface area contributed by atoms with Crippen LogP contribution in [0, 0.1) is 5.92 Å². The highest BCUT2D eigenvalue weighted by molar-refractivity contribution is 4.73. The van der Waals surface area contributed by atoms with E-state index in [1.54, 1.807) is 7.11 Å². The van der Waals surface area contributed by atoms with E-state index in [1.165, 1.54) is 32.1 Å². The van der Waals surface area contributed by atoms with Gasteiger partial charge in [-0.3, -0.25) is 0 Å².